The number of thiazole rings is 1. The lowest BCUT2D eigenvalue weighted by atomic mass is 9.70. The predicted molar refractivity (Wildman–Crippen MR) is 127 cm³/mol. The van der Waals surface area contributed by atoms with E-state index in [2.05, 4.69) is 57.1 Å². The van der Waals surface area contributed by atoms with Crippen molar-refractivity contribution in [2.24, 2.45) is 7.05 Å². The molecule has 2 aromatic carbocycles. The lowest BCUT2D eigenvalue weighted by Gasteiger charge is -2.41. The molecule has 5 rings (SSSR count). The van der Waals surface area contributed by atoms with Crippen molar-refractivity contribution in [2.75, 3.05) is 18.4 Å². The molecule has 1 aliphatic heterocycles. The van der Waals surface area contributed by atoms with Crippen LogP contribution in [0.5, 0.6) is 0 Å². The summed E-state index contributed by atoms with van der Waals surface area (Å²) in [6.07, 6.45) is 3.95. The fraction of sp³-hybridized carbons (Fsp3) is 0.280. The Bertz CT molecular complexity index is 1180. The minimum Gasteiger partial charge on any atom is -0.329 e. The zero-order valence-corrected chi connectivity index (χ0v) is 18.9. The third-order valence-electron chi connectivity index (χ3n) is 6.30. The molecule has 0 saturated carbocycles. The summed E-state index contributed by atoms with van der Waals surface area (Å²) in [4.78, 5) is 7.40. The Labute approximate surface area is 191 Å². The summed E-state index contributed by atoms with van der Waals surface area (Å²) in [5, 5.41) is 10.5. The van der Waals surface area contributed by atoms with Gasteiger partial charge < -0.3 is 5.32 Å². The first-order chi connectivity index (χ1) is 15.6. The van der Waals surface area contributed by atoms with Gasteiger partial charge in [0.1, 0.15) is 5.82 Å². The Kier molecular flexibility index (Phi) is 5.76. The number of likely N-dealkylation sites (tertiary alicyclic amines) is 1. The van der Waals surface area contributed by atoms with Gasteiger partial charge in [-0.05, 0) is 49.7 Å². The first kappa shape index (κ1) is 20.8. The van der Waals surface area contributed by atoms with Crippen LogP contribution >= 0.6 is 11.3 Å². The second-order valence-electron chi connectivity index (χ2n) is 8.35. The first-order valence-electron chi connectivity index (χ1n) is 10.9. The number of nitrogens with zero attached hydrogens (tertiary/aromatic N) is 4. The summed E-state index contributed by atoms with van der Waals surface area (Å²) in [5.74, 6) is -0.273. The molecule has 0 unspecified atom stereocenters. The molecule has 164 valence electrons. The lowest BCUT2D eigenvalue weighted by molar-refractivity contribution is 0.168. The minimum atomic E-state index is -0.273. The highest BCUT2D eigenvalue weighted by molar-refractivity contribution is 7.13. The maximum atomic E-state index is 14.1. The third-order valence-corrected chi connectivity index (χ3v) is 7.06. The maximum Gasteiger partial charge on any atom is 0.187 e. The van der Waals surface area contributed by atoms with Crippen LogP contribution in [-0.4, -0.2) is 32.8 Å². The molecule has 7 heteroatoms. The van der Waals surface area contributed by atoms with Gasteiger partial charge in [-0.1, -0.05) is 42.5 Å². The molecule has 0 radical (unpaired) electrons. The third kappa shape index (κ3) is 4.18. The molecule has 1 saturated heterocycles. The van der Waals surface area contributed by atoms with E-state index in [0.717, 1.165) is 49.0 Å². The van der Waals surface area contributed by atoms with Gasteiger partial charge >= 0.3 is 0 Å². The fourth-order valence-corrected chi connectivity index (χ4v) is 5.37. The molecule has 5 nitrogen and oxygen atoms in total. The number of halogens is 1. The molecule has 3 heterocycles. The number of benzene rings is 2. The van der Waals surface area contributed by atoms with Gasteiger partial charge in [0, 0.05) is 30.6 Å². The maximum absolute atomic E-state index is 14.1. The van der Waals surface area contributed by atoms with Crippen LogP contribution < -0.4 is 5.32 Å². The molecule has 1 aliphatic rings. The van der Waals surface area contributed by atoms with E-state index in [0.29, 0.717) is 5.69 Å². The number of nitrogens with one attached hydrogen (secondary N) is 1. The zero-order chi connectivity index (χ0) is 22.0. The smallest absolute Gasteiger partial charge is 0.187 e. The highest BCUT2D eigenvalue weighted by Gasteiger charge is 2.40. The normalized spacial score (nSPS) is 16.2. The zero-order valence-electron chi connectivity index (χ0n) is 18.0. The van der Waals surface area contributed by atoms with Crippen molar-refractivity contribution in [1.82, 2.24) is 19.7 Å². The molecule has 0 spiro atoms. The fourth-order valence-electron chi connectivity index (χ4n) is 4.55. The van der Waals surface area contributed by atoms with E-state index in [1.165, 1.54) is 23.0 Å². The van der Waals surface area contributed by atoms with Crippen LogP contribution in [-0.2, 0) is 19.0 Å². The number of para-hydroxylation sites is 1. The molecular formula is C25H26FN5S. The van der Waals surface area contributed by atoms with Gasteiger partial charge in [0.25, 0.3) is 0 Å². The van der Waals surface area contributed by atoms with Gasteiger partial charge in [-0.15, -0.1) is 11.3 Å². The van der Waals surface area contributed by atoms with Crippen LogP contribution in [0.15, 0.2) is 72.2 Å². The molecule has 0 atom stereocenters. The van der Waals surface area contributed by atoms with Gasteiger partial charge in [0.2, 0.25) is 0 Å². The summed E-state index contributed by atoms with van der Waals surface area (Å²) < 4.78 is 16.0. The van der Waals surface area contributed by atoms with Gasteiger partial charge in [0.05, 0.1) is 17.1 Å². The summed E-state index contributed by atoms with van der Waals surface area (Å²) in [6, 6.07) is 19.5. The van der Waals surface area contributed by atoms with E-state index < -0.39 is 0 Å². The van der Waals surface area contributed by atoms with Crippen molar-refractivity contribution in [1.29, 1.82) is 0 Å². The molecule has 32 heavy (non-hydrogen) atoms. The van der Waals surface area contributed by atoms with Gasteiger partial charge in [-0.3, -0.25) is 9.58 Å². The van der Waals surface area contributed by atoms with E-state index >= 15 is 0 Å². The SMILES string of the molecule is Cn1ccc(CN2CCC(c3ccccc3)(c3csc(Nc4ccccc4F)n3)CC2)n1. The topological polar surface area (TPSA) is 46.0 Å². The number of aromatic nitrogens is 3. The van der Waals surface area contributed by atoms with Crippen molar-refractivity contribution in [3.05, 3.63) is 95.0 Å². The molecule has 2 aromatic heterocycles. The number of hydrogen-bond donors (Lipinski definition) is 1. The number of rotatable bonds is 6. The van der Waals surface area contributed by atoms with E-state index in [9.17, 15) is 4.39 Å². The van der Waals surface area contributed by atoms with Crippen molar-refractivity contribution in [2.45, 2.75) is 24.8 Å². The monoisotopic (exact) mass is 447 g/mol. The van der Waals surface area contributed by atoms with E-state index in [1.54, 1.807) is 12.1 Å². The highest BCUT2D eigenvalue weighted by Crippen LogP contribution is 2.43. The Morgan fingerprint density at radius 3 is 2.50 bits per heavy atom. The van der Waals surface area contributed by atoms with E-state index in [4.69, 9.17) is 4.98 Å². The quantitative estimate of drug-likeness (QED) is 0.433. The minimum absolute atomic E-state index is 0.145. The van der Waals surface area contributed by atoms with Crippen molar-refractivity contribution in [3.63, 3.8) is 0 Å². The van der Waals surface area contributed by atoms with Crippen LogP contribution in [0.3, 0.4) is 0 Å². The first-order valence-corrected chi connectivity index (χ1v) is 11.7. The molecule has 1 fully saturated rings. The Morgan fingerprint density at radius 2 is 1.78 bits per heavy atom. The van der Waals surface area contributed by atoms with Crippen molar-refractivity contribution in [3.8, 4) is 0 Å². The predicted octanol–water partition coefficient (Wildman–Crippen LogP) is 5.34. The van der Waals surface area contributed by atoms with Gasteiger partial charge in [-0.25, -0.2) is 9.37 Å². The number of piperidine rings is 1. The Morgan fingerprint density at radius 1 is 1.03 bits per heavy atom. The lowest BCUT2D eigenvalue weighted by Crippen LogP contribution is -2.43. The van der Waals surface area contributed by atoms with Gasteiger partial charge in [0.15, 0.2) is 5.13 Å². The number of aryl methyl sites for hydroxylation is 1. The molecule has 1 N–H and O–H groups in total. The molecule has 0 aliphatic carbocycles. The average molecular weight is 448 g/mol. The summed E-state index contributed by atoms with van der Waals surface area (Å²) in [6.45, 7) is 2.81. The largest absolute Gasteiger partial charge is 0.329 e. The Balaban J connectivity index is 1.39. The molecular weight excluding hydrogens is 421 g/mol. The van der Waals surface area contributed by atoms with E-state index in [-0.39, 0.29) is 11.2 Å². The van der Waals surface area contributed by atoms with Crippen LogP contribution in [0.25, 0.3) is 0 Å². The number of anilines is 2. The van der Waals surface area contributed by atoms with E-state index in [1.807, 2.05) is 24.0 Å². The molecule has 4 aromatic rings. The van der Waals surface area contributed by atoms with Crippen LogP contribution in [0.2, 0.25) is 0 Å². The highest BCUT2D eigenvalue weighted by atomic mass is 32.1. The Hall–Kier alpha value is -3.03. The van der Waals surface area contributed by atoms with Crippen LogP contribution in [0.4, 0.5) is 15.2 Å². The molecule has 0 bridgehead atoms. The van der Waals surface area contributed by atoms with Crippen LogP contribution in [0, 0.1) is 5.82 Å². The van der Waals surface area contributed by atoms with Crippen molar-refractivity contribution < 1.29 is 4.39 Å². The summed E-state index contributed by atoms with van der Waals surface area (Å²) in [7, 11) is 1.95. The standard InChI is InChI=1S/C25H26FN5S/c1-30-14-11-20(29-30)17-31-15-12-25(13-16-31,19-7-3-2-4-8-19)23-18-32-24(28-23)27-22-10-6-5-9-21(22)26/h2-11,14,18H,12-13,15-17H2,1H3,(H,27,28). The second kappa shape index (κ2) is 8.84. The van der Waals surface area contributed by atoms with Crippen molar-refractivity contribution >= 4 is 22.2 Å². The summed E-state index contributed by atoms with van der Waals surface area (Å²) in [5.41, 5.74) is 3.76. The average Bonchev–Trinajstić information content (AvgIpc) is 3.46. The number of hydrogen-bond acceptors (Lipinski definition) is 5. The summed E-state index contributed by atoms with van der Waals surface area (Å²) >= 11 is 1.53. The van der Waals surface area contributed by atoms with Crippen LogP contribution in [0.1, 0.15) is 29.8 Å². The second-order valence-corrected chi connectivity index (χ2v) is 9.21. The molecule has 0 amide bonds. The van der Waals surface area contributed by atoms with Gasteiger partial charge in [-0.2, -0.15) is 5.10 Å².